The lowest BCUT2D eigenvalue weighted by atomic mass is 9.95. The number of aryl methyl sites for hydroxylation is 1. The molecule has 0 aliphatic carbocycles. The van der Waals surface area contributed by atoms with E-state index < -0.39 is 16.0 Å². The Morgan fingerprint density at radius 1 is 1.05 bits per heavy atom. The number of anilines is 1. The standard InChI is InChI=1S/C27H23N5O4S2/c1-16-5-8-19(13-23(16)18-3-2-4-21(28)12-18)25-20(11-17-6-9-22(10-7-17)38(29,35)36)14-32(31-25)27-30-24(15-37-27)26(33)34/h2-10,12-15H,11,28H2,1H3,(H,33,34)(H2,29,35,36). The SMILES string of the molecule is Cc1ccc(-c2nn(-c3nc(C(=O)O)cs3)cc2Cc2ccc(S(N)(=O)=O)cc2)cc1-c1cccc(N)c1. The molecular weight excluding hydrogens is 522 g/mol. The quantitative estimate of drug-likeness (QED) is 0.255. The predicted octanol–water partition coefficient (Wildman–Crippen LogP) is 4.49. The van der Waals surface area contributed by atoms with E-state index in [9.17, 15) is 18.3 Å². The zero-order valence-corrected chi connectivity index (χ0v) is 21.8. The van der Waals surface area contributed by atoms with Crippen molar-refractivity contribution in [1.29, 1.82) is 0 Å². The number of rotatable bonds is 7. The monoisotopic (exact) mass is 545 g/mol. The Labute approximate surface area is 223 Å². The molecule has 0 amide bonds. The van der Waals surface area contributed by atoms with Crippen LogP contribution in [0.25, 0.3) is 27.5 Å². The summed E-state index contributed by atoms with van der Waals surface area (Å²) in [5.74, 6) is -1.11. The first kappa shape index (κ1) is 25.3. The number of hydrogen-bond donors (Lipinski definition) is 3. The van der Waals surface area contributed by atoms with E-state index in [0.717, 1.165) is 33.4 Å². The molecule has 0 saturated heterocycles. The molecule has 38 heavy (non-hydrogen) atoms. The number of sulfonamides is 1. The van der Waals surface area contributed by atoms with Crippen molar-refractivity contribution >= 4 is 33.0 Å². The van der Waals surface area contributed by atoms with Crippen LogP contribution >= 0.6 is 11.3 Å². The minimum absolute atomic E-state index is 0.0338. The molecule has 11 heteroatoms. The zero-order chi connectivity index (χ0) is 27.0. The number of carboxylic acid groups (broad SMARTS) is 1. The summed E-state index contributed by atoms with van der Waals surface area (Å²) >= 11 is 1.18. The summed E-state index contributed by atoms with van der Waals surface area (Å²) in [5.41, 5.74) is 13.0. The second kappa shape index (κ2) is 9.86. The molecule has 2 aromatic heterocycles. The van der Waals surface area contributed by atoms with Crippen molar-refractivity contribution in [2.45, 2.75) is 18.2 Å². The van der Waals surface area contributed by atoms with Gasteiger partial charge in [0.1, 0.15) is 0 Å². The summed E-state index contributed by atoms with van der Waals surface area (Å²) in [6.45, 7) is 2.03. The molecule has 0 radical (unpaired) electrons. The van der Waals surface area contributed by atoms with Gasteiger partial charge < -0.3 is 10.8 Å². The number of primary sulfonamides is 1. The Morgan fingerprint density at radius 2 is 1.82 bits per heavy atom. The summed E-state index contributed by atoms with van der Waals surface area (Å²) < 4.78 is 24.9. The molecule has 0 unspecified atom stereocenters. The van der Waals surface area contributed by atoms with Crippen molar-refractivity contribution in [3.8, 4) is 27.5 Å². The fraction of sp³-hybridized carbons (Fsp3) is 0.0741. The average molecular weight is 546 g/mol. The lowest BCUT2D eigenvalue weighted by Gasteiger charge is -2.10. The number of nitrogen functional groups attached to an aromatic ring is 1. The van der Waals surface area contributed by atoms with E-state index >= 15 is 0 Å². The molecule has 192 valence electrons. The smallest absolute Gasteiger partial charge is 0.355 e. The summed E-state index contributed by atoms with van der Waals surface area (Å²) in [5, 5.41) is 21.2. The number of nitrogens with two attached hydrogens (primary N) is 2. The highest BCUT2D eigenvalue weighted by Crippen LogP contribution is 2.33. The van der Waals surface area contributed by atoms with E-state index in [1.807, 2.05) is 49.5 Å². The maximum atomic E-state index is 11.7. The van der Waals surface area contributed by atoms with Crippen molar-refractivity contribution < 1.29 is 18.3 Å². The number of benzene rings is 3. The van der Waals surface area contributed by atoms with E-state index in [4.69, 9.17) is 16.0 Å². The number of carbonyl (C=O) groups is 1. The lowest BCUT2D eigenvalue weighted by molar-refractivity contribution is 0.0691. The van der Waals surface area contributed by atoms with Crippen molar-refractivity contribution in [2.24, 2.45) is 5.14 Å². The van der Waals surface area contributed by atoms with Crippen LogP contribution in [0.15, 0.2) is 83.2 Å². The summed E-state index contributed by atoms with van der Waals surface area (Å²) in [7, 11) is -3.80. The van der Waals surface area contributed by atoms with Gasteiger partial charge in [-0.05, 0) is 59.5 Å². The van der Waals surface area contributed by atoms with Gasteiger partial charge in [0.05, 0.1) is 10.6 Å². The van der Waals surface area contributed by atoms with Crippen LogP contribution in [0.1, 0.15) is 27.2 Å². The zero-order valence-electron chi connectivity index (χ0n) is 20.2. The number of aromatic nitrogens is 3. The molecule has 0 fully saturated rings. The van der Waals surface area contributed by atoms with Gasteiger partial charge in [-0.15, -0.1) is 11.3 Å². The fourth-order valence-electron chi connectivity index (χ4n) is 4.15. The average Bonchev–Trinajstić information content (AvgIpc) is 3.52. The van der Waals surface area contributed by atoms with E-state index in [1.54, 1.807) is 16.8 Å². The third-order valence-corrected chi connectivity index (χ3v) is 7.81. The van der Waals surface area contributed by atoms with Gasteiger partial charge in [0.25, 0.3) is 0 Å². The molecule has 2 heterocycles. The molecule has 3 aromatic carbocycles. The molecule has 0 atom stereocenters. The van der Waals surface area contributed by atoms with Gasteiger partial charge in [-0.1, -0.05) is 36.4 Å². The molecule has 5 rings (SSSR count). The van der Waals surface area contributed by atoms with Crippen LogP contribution in [0.3, 0.4) is 0 Å². The first-order valence-corrected chi connectivity index (χ1v) is 13.9. The van der Waals surface area contributed by atoms with Gasteiger partial charge in [0.15, 0.2) is 5.69 Å². The van der Waals surface area contributed by atoms with Crippen molar-refractivity contribution in [1.82, 2.24) is 14.8 Å². The number of nitrogens with zero attached hydrogens (tertiary/aromatic N) is 3. The second-order valence-corrected chi connectivity index (χ2v) is 11.2. The van der Waals surface area contributed by atoms with Gasteiger partial charge in [0.2, 0.25) is 15.2 Å². The van der Waals surface area contributed by atoms with Crippen molar-refractivity contribution in [2.75, 3.05) is 5.73 Å². The maximum Gasteiger partial charge on any atom is 0.355 e. The van der Waals surface area contributed by atoms with Crippen LogP contribution < -0.4 is 10.9 Å². The van der Waals surface area contributed by atoms with Crippen LogP contribution in [0.2, 0.25) is 0 Å². The molecule has 0 spiro atoms. The molecule has 9 nitrogen and oxygen atoms in total. The van der Waals surface area contributed by atoms with E-state index in [2.05, 4.69) is 11.1 Å². The predicted molar refractivity (Wildman–Crippen MR) is 147 cm³/mol. The van der Waals surface area contributed by atoms with Crippen LogP contribution in [0, 0.1) is 6.92 Å². The molecule has 0 bridgehead atoms. The Hall–Kier alpha value is -4.32. The molecule has 0 aliphatic rings. The van der Waals surface area contributed by atoms with Crippen LogP contribution in [0.4, 0.5) is 5.69 Å². The number of thiazole rings is 1. The Bertz CT molecular complexity index is 1770. The van der Waals surface area contributed by atoms with Crippen molar-refractivity contribution in [3.63, 3.8) is 0 Å². The van der Waals surface area contributed by atoms with Crippen molar-refractivity contribution in [3.05, 3.63) is 101 Å². The van der Waals surface area contributed by atoms with Gasteiger partial charge in [-0.25, -0.2) is 28.0 Å². The Morgan fingerprint density at radius 3 is 2.47 bits per heavy atom. The third kappa shape index (κ3) is 5.21. The van der Waals surface area contributed by atoms with E-state index in [1.165, 1.54) is 28.8 Å². The summed E-state index contributed by atoms with van der Waals surface area (Å²) in [6, 6.07) is 20.1. The van der Waals surface area contributed by atoms with Gasteiger partial charge in [-0.2, -0.15) is 5.10 Å². The minimum Gasteiger partial charge on any atom is -0.476 e. The van der Waals surface area contributed by atoms with Gasteiger partial charge >= 0.3 is 5.97 Å². The van der Waals surface area contributed by atoms with E-state index in [0.29, 0.717) is 22.9 Å². The molecule has 5 aromatic rings. The largest absolute Gasteiger partial charge is 0.476 e. The van der Waals surface area contributed by atoms with Gasteiger partial charge in [0, 0.05) is 34.8 Å². The normalized spacial score (nSPS) is 11.5. The summed E-state index contributed by atoms with van der Waals surface area (Å²) in [4.78, 5) is 15.6. The van der Waals surface area contributed by atoms with Crippen LogP contribution in [0.5, 0.6) is 0 Å². The first-order valence-electron chi connectivity index (χ1n) is 11.4. The molecular formula is C27H23N5O4S2. The fourth-order valence-corrected chi connectivity index (χ4v) is 5.39. The molecule has 0 saturated carbocycles. The highest BCUT2D eigenvalue weighted by molar-refractivity contribution is 7.89. The first-order chi connectivity index (χ1) is 18.1. The van der Waals surface area contributed by atoms with Crippen LogP contribution in [-0.4, -0.2) is 34.3 Å². The summed E-state index contributed by atoms with van der Waals surface area (Å²) in [6.07, 6.45) is 2.26. The number of hydrogen-bond acceptors (Lipinski definition) is 7. The maximum absolute atomic E-state index is 11.7. The lowest BCUT2D eigenvalue weighted by Crippen LogP contribution is -2.11. The highest BCUT2D eigenvalue weighted by atomic mass is 32.2. The Balaban J connectivity index is 1.61. The van der Waals surface area contributed by atoms with Gasteiger partial charge in [-0.3, -0.25) is 0 Å². The molecule has 0 aliphatic heterocycles. The van der Waals surface area contributed by atoms with E-state index in [-0.39, 0.29) is 10.6 Å². The topological polar surface area (TPSA) is 154 Å². The van der Waals surface area contributed by atoms with Crippen LogP contribution in [-0.2, 0) is 16.4 Å². The molecule has 5 N–H and O–H groups in total. The highest BCUT2D eigenvalue weighted by Gasteiger charge is 2.18. The second-order valence-electron chi connectivity index (χ2n) is 8.79. The number of carboxylic acids is 1. The minimum atomic E-state index is -3.80. The third-order valence-electron chi connectivity index (χ3n) is 6.05. The number of aromatic carboxylic acids is 1. The Kier molecular flexibility index (Phi) is 6.57.